The van der Waals surface area contributed by atoms with E-state index in [0.29, 0.717) is 6.54 Å². The van der Waals surface area contributed by atoms with Gasteiger partial charge in [-0.2, -0.15) is 0 Å². The molecule has 2 heterocycles. The van der Waals surface area contributed by atoms with Crippen LogP contribution in [0.3, 0.4) is 0 Å². The van der Waals surface area contributed by atoms with Gasteiger partial charge in [-0.25, -0.2) is 0 Å². The Kier molecular flexibility index (Phi) is 3.85. The number of pyridine rings is 1. The first kappa shape index (κ1) is 14.6. The summed E-state index contributed by atoms with van der Waals surface area (Å²) >= 11 is 1.27. The summed E-state index contributed by atoms with van der Waals surface area (Å²) in [5.74, 6) is -0.634. The molecule has 6 heteroatoms. The van der Waals surface area contributed by atoms with Gasteiger partial charge in [0.15, 0.2) is 4.75 Å². The second-order valence-electron chi connectivity index (χ2n) is 5.09. The maximum Gasteiger partial charge on any atom is 0.250 e. The van der Waals surface area contributed by atoms with Crippen molar-refractivity contribution in [1.29, 1.82) is 0 Å². The number of hydrogen-bond donors (Lipinski definition) is 2. The summed E-state index contributed by atoms with van der Waals surface area (Å²) in [6, 6.07) is 12.9. The second-order valence-corrected chi connectivity index (χ2v) is 6.55. The van der Waals surface area contributed by atoms with E-state index in [9.17, 15) is 9.59 Å². The minimum absolute atomic E-state index is 0.296. The lowest BCUT2D eigenvalue weighted by Gasteiger charge is -2.31. The molecule has 2 N–H and O–H groups in total. The number of rotatable bonds is 3. The van der Waals surface area contributed by atoms with Crippen molar-refractivity contribution in [3.05, 3.63) is 54.4 Å². The van der Waals surface area contributed by atoms with Crippen LogP contribution in [0.25, 0.3) is 0 Å². The van der Waals surface area contributed by atoms with E-state index in [2.05, 4.69) is 15.6 Å². The molecule has 1 aromatic carbocycles. The summed E-state index contributed by atoms with van der Waals surface area (Å²) in [6.07, 6.45) is 1.67. The minimum atomic E-state index is -1.19. The molecule has 3 rings (SSSR count). The number of aromatic nitrogens is 1. The molecule has 0 saturated heterocycles. The van der Waals surface area contributed by atoms with Gasteiger partial charge in [-0.1, -0.05) is 30.0 Å². The highest BCUT2D eigenvalue weighted by Gasteiger charge is 2.45. The van der Waals surface area contributed by atoms with E-state index in [1.807, 2.05) is 42.5 Å². The number of nitrogens with zero attached hydrogens (tertiary/aromatic N) is 1. The Balaban J connectivity index is 1.75. The Bertz CT molecular complexity index is 720. The smallest absolute Gasteiger partial charge is 0.250 e. The molecule has 2 amide bonds. The number of nitrogens with one attached hydrogen (secondary N) is 2. The van der Waals surface area contributed by atoms with Crippen molar-refractivity contribution >= 4 is 29.3 Å². The van der Waals surface area contributed by atoms with E-state index in [4.69, 9.17) is 0 Å². The molecule has 1 atom stereocenters. The molecule has 0 radical (unpaired) electrons. The van der Waals surface area contributed by atoms with Crippen LogP contribution in [-0.4, -0.2) is 21.5 Å². The van der Waals surface area contributed by atoms with Crippen LogP contribution in [0.2, 0.25) is 0 Å². The zero-order valence-corrected chi connectivity index (χ0v) is 12.8. The fraction of sp³-hybridized carbons (Fsp3) is 0.188. The lowest BCUT2D eigenvalue weighted by molar-refractivity contribution is -0.130. The lowest BCUT2D eigenvalue weighted by Crippen LogP contribution is -2.51. The summed E-state index contributed by atoms with van der Waals surface area (Å²) in [5, 5.41) is 5.58. The third-order valence-electron chi connectivity index (χ3n) is 3.47. The Hall–Kier alpha value is -2.34. The third-order valence-corrected chi connectivity index (χ3v) is 4.83. The summed E-state index contributed by atoms with van der Waals surface area (Å²) in [6.45, 7) is 1.93. The van der Waals surface area contributed by atoms with Gasteiger partial charge in [-0.05, 0) is 31.2 Å². The van der Waals surface area contributed by atoms with Crippen molar-refractivity contribution in [2.45, 2.75) is 23.1 Å². The van der Waals surface area contributed by atoms with Gasteiger partial charge in [-0.15, -0.1) is 0 Å². The summed E-state index contributed by atoms with van der Waals surface area (Å²) < 4.78 is -1.19. The normalized spacial score (nSPS) is 20.0. The van der Waals surface area contributed by atoms with Crippen molar-refractivity contribution in [2.75, 3.05) is 5.32 Å². The van der Waals surface area contributed by atoms with E-state index >= 15 is 0 Å². The van der Waals surface area contributed by atoms with Crippen LogP contribution in [-0.2, 0) is 16.1 Å². The number of carbonyl (C=O) groups excluding carboxylic acids is 2. The molecular formula is C16H15N3O2S. The fourth-order valence-electron chi connectivity index (χ4n) is 2.16. The van der Waals surface area contributed by atoms with Crippen molar-refractivity contribution in [1.82, 2.24) is 10.3 Å². The Morgan fingerprint density at radius 1 is 1.27 bits per heavy atom. The third kappa shape index (κ3) is 2.69. The first-order valence-corrected chi connectivity index (χ1v) is 7.69. The standard InChI is InChI=1S/C16H15N3O2S/c1-16(14(20)18-10-11-6-4-5-9-17-11)15(21)19-12-7-2-3-8-13(12)22-16/h2-9H,10H2,1H3,(H,18,20)(H,19,21). The number of hydrogen-bond acceptors (Lipinski definition) is 4. The quantitative estimate of drug-likeness (QED) is 0.852. The number of fused-ring (bicyclic) bond motifs is 1. The largest absolute Gasteiger partial charge is 0.349 e. The van der Waals surface area contributed by atoms with E-state index in [1.165, 1.54) is 11.8 Å². The molecule has 0 bridgehead atoms. The summed E-state index contributed by atoms with van der Waals surface area (Å²) in [5.41, 5.74) is 1.49. The zero-order chi connectivity index (χ0) is 15.6. The van der Waals surface area contributed by atoms with E-state index in [0.717, 1.165) is 16.3 Å². The van der Waals surface area contributed by atoms with E-state index < -0.39 is 4.75 Å². The Morgan fingerprint density at radius 3 is 2.82 bits per heavy atom. The molecule has 0 spiro atoms. The Labute approximate surface area is 132 Å². The van der Waals surface area contributed by atoms with Crippen LogP contribution in [0.1, 0.15) is 12.6 Å². The molecule has 112 valence electrons. The van der Waals surface area contributed by atoms with Crippen LogP contribution in [0.4, 0.5) is 5.69 Å². The predicted molar refractivity (Wildman–Crippen MR) is 85.4 cm³/mol. The van der Waals surface area contributed by atoms with E-state index in [-0.39, 0.29) is 11.8 Å². The predicted octanol–water partition coefficient (Wildman–Crippen LogP) is 2.20. The van der Waals surface area contributed by atoms with Crippen LogP contribution < -0.4 is 10.6 Å². The summed E-state index contributed by atoms with van der Waals surface area (Å²) in [7, 11) is 0. The molecule has 1 aromatic heterocycles. The van der Waals surface area contributed by atoms with E-state index in [1.54, 1.807) is 13.1 Å². The van der Waals surface area contributed by atoms with Crippen molar-refractivity contribution in [3.8, 4) is 0 Å². The average molecular weight is 313 g/mol. The molecule has 1 aliphatic rings. The average Bonchev–Trinajstić information content (AvgIpc) is 2.54. The van der Waals surface area contributed by atoms with Crippen LogP contribution >= 0.6 is 11.8 Å². The second kappa shape index (κ2) is 5.81. The fourth-order valence-corrected chi connectivity index (χ4v) is 3.28. The first-order chi connectivity index (χ1) is 10.6. The molecule has 0 saturated carbocycles. The monoisotopic (exact) mass is 313 g/mol. The van der Waals surface area contributed by atoms with Gasteiger partial charge >= 0.3 is 0 Å². The van der Waals surface area contributed by atoms with Gasteiger partial charge in [0.2, 0.25) is 11.8 Å². The highest BCUT2D eigenvalue weighted by atomic mass is 32.2. The number of carbonyl (C=O) groups is 2. The molecule has 5 nitrogen and oxygen atoms in total. The van der Waals surface area contributed by atoms with Crippen LogP contribution in [0, 0.1) is 0 Å². The first-order valence-electron chi connectivity index (χ1n) is 6.87. The van der Waals surface area contributed by atoms with Crippen molar-refractivity contribution in [2.24, 2.45) is 0 Å². The molecule has 1 aliphatic heterocycles. The minimum Gasteiger partial charge on any atom is -0.349 e. The maximum absolute atomic E-state index is 12.5. The van der Waals surface area contributed by atoms with Crippen molar-refractivity contribution in [3.63, 3.8) is 0 Å². The topological polar surface area (TPSA) is 71.1 Å². The number of thioether (sulfide) groups is 1. The molecular weight excluding hydrogens is 298 g/mol. The highest BCUT2D eigenvalue weighted by Crippen LogP contribution is 2.42. The van der Waals surface area contributed by atoms with Crippen LogP contribution in [0.15, 0.2) is 53.6 Å². The van der Waals surface area contributed by atoms with Gasteiger partial charge in [0.25, 0.3) is 0 Å². The molecule has 22 heavy (non-hydrogen) atoms. The van der Waals surface area contributed by atoms with Gasteiger partial charge < -0.3 is 10.6 Å². The molecule has 0 aliphatic carbocycles. The van der Waals surface area contributed by atoms with Crippen LogP contribution in [0.5, 0.6) is 0 Å². The zero-order valence-electron chi connectivity index (χ0n) is 12.0. The SMILES string of the molecule is CC1(C(=O)NCc2ccccn2)Sc2ccccc2NC1=O. The number of anilines is 1. The highest BCUT2D eigenvalue weighted by molar-refractivity contribution is 8.02. The van der Waals surface area contributed by atoms with Gasteiger partial charge in [0, 0.05) is 11.1 Å². The number of para-hydroxylation sites is 1. The Morgan fingerprint density at radius 2 is 2.05 bits per heavy atom. The molecule has 2 aromatic rings. The van der Waals surface area contributed by atoms with Gasteiger partial charge in [0.05, 0.1) is 17.9 Å². The molecule has 0 fully saturated rings. The number of benzene rings is 1. The van der Waals surface area contributed by atoms with Gasteiger partial charge in [0.1, 0.15) is 0 Å². The summed E-state index contributed by atoms with van der Waals surface area (Å²) in [4.78, 5) is 29.9. The molecule has 1 unspecified atom stereocenters. The van der Waals surface area contributed by atoms with Gasteiger partial charge in [-0.3, -0.25) is 14.6 Å². The maximum atomic E-state index is 12.5. The lowest BCUT2D eigenvalue weighted by atomic mass is 10.1. The van der Waals surface area contributed by atoms with Crippen molar-refractivity contribution < 1.29 is 9.59 Å². The number of amides is 2.